The van der Waals surface area contributed by atoms with Crippen molar-refractivity contribution in [1.29, 1.82) is 0 Å². The molecule has 0 aromatic rings. The maximum absolute atomic E-state index is 11.5. The van der Waals surface area contributed by atoms with Crippen LogP contribution in [0, 0.1) is 0 Å². The van der Waals surface area contributed by atoms with Gasteiger partial charge in [0.25, 0.3) is 0 Å². The van der Waals surface area contributed by atoms with Crippen LogP contribution in [0.25, 0.3) is 0 Å². The van der Waals surface area contributed by atoms with E-state index >= 15 is 0 Å². The van der Waals surface area contributed by atoms with Gasteiger partial charge in [-0.25, -0.2) is 4.79 Å². The van der Waals surface area contributed by atoms with E-state index in [2.05, 4.69) is 4.99 Å². The average molecular weight is 229 g/mol. The van der Waals surface area contributed by atoms with Gasteiger partial charge in [-0.05, 0) is 0 Å². The largest absolute Gasteiger partial charge is 0.394 e. The summed E-state index contributed by atoms with van der Waals surface area (Å²) in [4.78, 5) is 16.6. The van der Waals surface area contributed by atoms with Gasteiger partial charge >= 0.3 is 6.03 Å². The second-order valence-corrected chi connectivity index (χ2v) is 3.94. The third kappa shape index (κ3) is 2.01. The first-order valence-corrected chi connectivity index (χ1v) is 5.20. The van der Waals surface area contributed by atoms with Crippen molar-refractivity contribution in [2.45, 2.75) is 31.3 Å². The number of ether oxygens (including phenoxy) is 1. The smallest absolute Gasteiger partial charge is 0.347 e. The first kappa shape index (κ1) is 11.3. The lowest BCUT2D eigenvalue weighted by atomic mass is 10.2. The molecule has 2 aliphatic heterocycles. The summed E-state index contributed by atoms with van der Waals surface area (Å²) in [6, 6.07) is -0.445. The van der Waals surface area contributed by atoms with Crippen LogP contribution >= 0.6 is 0 Å². The molecule has 0 bridgehead atoms. The van der Waals surface area contributed by atoms with E-state index in [0.717, 1.165) is 0 Å². The highest BCUT2D eigenvalue weighted by Gasteiger charge is 2.39. The lowest BCUT2D eigenvalue weighted by Crippen LogP contribution is -2.44. The molecule has 2 rings (SSSR count). The Kier molecular flexibility index (Phi) is 3.08. The Balaban J connectivity index is 2.02. The molecule has 1 unspecified atom stereocenters. The van der Waals surface area contributed by atoms with Crippen molar-refractivity contribution in [1.82, 2.24) is 4.90 Å². The van der Waals surface area contributed by atoms with Crippen LogP contribution in [0.4, 0.5) is 4.79 Å². The number of carbonyl (C=O) groups excluding carboxylic acids is 1. The number of nitrogens with zero attached hydrogens (tertiary/aromatic N) is 2. The van der Waals surface area contributed by atoms with Gasteiger partial charge in [0.05, 0.1) is 12.7 Å². The molecule has 0 radical (unpaired) electrons. The number of carbonyl (C=O) groups is 1. The lowest BCUT2D eigenvalue weighted by Gasteiger charge is -2.29. The van der Waals surface area contributed by atoms with Crippen LogP contribution in [-0.4, -0.2) is 58.6 Å². The van der Waals surface area contributed by atoms with Gasteiger partial charge in [0.2, 0.25) is 0 Å². The average Bonchev–Trinajstić information content (AvgIpc) is 2.59. The predicted octanol–water partition coefficient (Wildman–Crippen LogP) is -1.36. The molecule has 1 fully saturated rings. The van der Waals surface area contributed by atoms with Gasteiger partial charge in [-0.2, -0.15) is 4.99 Å². The Morgan fingerprint density at radius 1 is 1.62 bits per heavy atom. The number of aliphatic hydroxyl groups excluding tert-OH is 2. The van der Waals surface area contributed by atoms with Gasteiger partial charge in [0.1, 0.15) is 18.2 Å². The second kappa shape index (κ2) is 4.36. The van der Waals surface area contributed by atoms with Gasteiger partial charge in [0, 0.05) is 19.4 Å². The number of hydrogen-bond acceptors (Lipinski definition) is 5. The van der Waals surface area contributed by atoms with E-state index in [1.165, 1.54) is 4.90 Å². The number of aliphatic hydroxyl groups is 2. The van der Waals surface area contributed by atoms with Crippen LogP contribution in [0.15, 0.2) is 4.99 Å². The van der Waals surface area contributed by atoms with Crippen molar-refractivity contribution >= 4 is 11.9 Å². The fourth-order valence-corrected chi connectivity index (χ4v) is 1.91. The molecule has 4 N–H and O–H groups in total. The van der Waals surface area contributed by atoms with E-state index in [-0.39, 0.29) is 6.61 Å². The van der Waals surface area contributed by atoms with E-state index in [1.54, 1.807) is 0 Å². The Hall–Kier alpha value is -1.18. The molecule has 3 atom stereocenters. The summed E-state index contributed by atoms with van der Waals surface area (Å²) in [6.07, 6.45) is -1.08. The van der Waals surface area contributed by atoms with Gasteiger partial charge in [-0.15, -0.1) is 0 Å². The minimum absolute atomic E-state index is 0.259. The fraction of sp³-hybridized carbons (Fsp3) is 0.778. The molecule has 7 heteroatoms. The number of hydrogen-bond donors (Lipinski definition) is 3. The number of amidine groups is 1. The molecule has 90 valence electrons. The highest BCUT2D eigenvalue weighted by atomic mass is 16.5. The van der Waals surface area contributed by atoms with Crippen molar-refractivity contribution in [3.8, 4) is 0 Å². The first-order valence-electron chi connectivity index (χ1n) is 5.20. The van der Waals surface area contributed by atoms with E-state index in [1.807, 2.05) is 0 Å². The summed E-state index contributed by atoms with van der Waals surface area (Å²) in [5.74, 6) is 0.318. The summed E-state index contributed by atoms with van der Waals surface area (Å²) in [7, 11) is 0. The number of rotatable bonds is 2. The number of urea groups is 1. The monoisotopic (exact) mass is 229 g/mol. The van der Waals surface area contributed by atoms with Crippen molar-refractivity contribution < 1.29 is 19.7 Å². The lowest BCUT2D eigenvalue weighted by molar-refractivity contribution is -0.0631. The summed E-state index contributed by atoms with van der Waals surface area (Å²) >= 11 is 0. The van der Waals surface area contributed by atoms with Crippen molar-refractivity contribution in [3.05, 3.63) is 0 Å². The minimum Gasteiger partial charge on any atom is -0.394 e. The van der Waals surface area contributed by atoms with E-state index < -0.39 is 24.5 Å². The standard InChI is InChI=1S/C9H15N3O4/c10-7-1-2-12(9(15)11-7)8-3-5(14)6(4-13)16-8/h5-6,8,13-14H,1-4H2,(H2,10,11,15)/t5?,6-,8-/m0/s1. The molecule has 2 amide bonds. The summed E-state index contributed by atoms with van der Waals surface area (Å²) in [5.41, 5.74) is 5.44. The summed E-state index contributed by atoms with van der Waals surface area (Å²) in [5, 5.41) is 18.5. The van der Waals surface area contributed by atoms with Crippen LogP contribution in [0.1, 0.15) is 12.8 Å². The SMILES string of the molecule is NC1=NC(=O)N([C@@H]2CC(O)[C@H](CO)O2)CC1. The highest BCUT2D eigenvalue weighted by Crippen LogP contribution is 2.24. The van der Waals surface area contributed by atoms with Crippen LogP contribution in [0.2, 0.25) is 0 Å². The molecule has 0 aromatic carbocycles. The summed E-state index contributed by atoms with van der Waals surface area (Å²) < 4.78 is 5.36. The van der Waals surface area contributed by atoms with Crippen LogP contribution in [0.5, 0.6) is 0 Å². The zero-order valence-electron chi connectivity index (χ0n) is 8.74. The quantitative estimate of drug-likeness (QED) is 0.541. The highest BCUT2D eigenvalue weighted by molar-refractivity contribution is 5.95. The maximum Gasteiger partial charge on any atom is 0.347 e. The van der Waals surface area contributed by atoms with Gasteiger partial charge < -0.3 is 20.7 Å². The molecule has 0 aromatic heterocycles. The molecule has 1 saturated heterocycles. The van der Waals surface area contributed by atoms with Crippen LogP contribution < -0.4 is 5.73 Å². The summed E-state index contributed by atoms with van der Waals surface area (Å²) in [6.45, 7) is 0.175. The Morgan fingerprint density at radius 3 is 2.94 bits per heavy atom. The van der Waals surface area contributed by atoms with Crippen molar-refractivity contribution in [3.63, 3.8) is 0 Å². The first-order chi connectivity index (χ1) is 7.61. The van der Waals surface area contributed by atoms with Gasteiger partial charge in [-0.1, -0.05) is 0 Å². The van der Waals surface area contributed by atoms with Crippen molar-refractivity contribution in [2.24, 2.45) is 10.7 Å². The third-order valence-electron chi connectivity index (χ3n) is 2.83. The van der Waals surface area contributed by atoms with E-state index in [4.69, 9.17) is 15.6 Å². The van der Waals surface area contributed by atoms with Crippen LogP contribution in [-0.2, 0) is 4.74 Å². The Bertz CT molecular complexity index is 320. The molecule has 0 spiro atoms. The zero-order chi connectivity index (χ0) is 11.7. The minimum atomic E-state index is -0.744. The molecule has 2 heterocycles. The Labute approximate surface area is 92.5 Å². The second-order valence-electron chi connectivity index (χ2n) is 3.94. The normalized spacial score (nSPS) is 35.4. The zero-order valence-corrected chi connectivity index (χ0v) is 8.74. The van der Waals surface area contributed by atoms with Gasteiger partial charge in [-0.3, -0.25) is 4.90 Å². The molecule has 7 nitrogen and oxygen atoms in total. The molecular formula is C9H15N3O4. The third-order valence-corrected chi connectivity index (χ3v) is 2.83. The molecule has 0 saturated carbocycles. The van der Waals surface area contributed by atoms with Crippen molar-refractivity contribution in [2.75, 3.05) is 13.2 Å². The number of amides is 2. The van der Waals surface area contributed by atoms with E-state index in [0.29, 0.717) is 25.2 Å². The molecule has 16 heavy (non-hydrogen) atoms. The fourth-order valence-electron chi connectivity index (χ4n) is 1.91. The Morgan fingerprint density at radius 2 is 2.38 bits per heavy atom. The van der Waals surface area contributed by atoms with Gasteiger partial charge in [0.15, 0.2) is 0 Å². The topological polar surface area (TPSA) is 108 Å². The molecule has 0 aliphatic carbocycles. The molecule has 2 aliphatic rings. The maximum atomic E-state index is 11.5. The van der Waals surface area contributed by atoms with Crippen LogP contribution in [0.3, 0.4) is 0 Å². The number of aliphatic imine (C=N–C) groups is 1. The van der Waals surface area contributed by atoms with E-state index in [9.17, 15) is 9.90 Å². The predicted molar refractivity (Wildman–Crippen MR) is 54.7 cm³/mol. The number of nitrogens with two attached hydrogens (primary N) is 1. The molecular weight excluding hydrogens is 214 g/mol.